The molecule has 5 rings (SSSR count). The lowest BCUT2D eigenvalue weighted by Crippen LogP contribution is -2.42. The minimum atomic E-state index is 0.322. The van der Waals surface area contributed by atoms with Gasteiger partial charge in [0.15, 0.2) is 0 Å². The van der Waals surface area contributed by atoms with E-state index >= 15 is 0 Å². The van der Waals surface area contributed by atoms with Crippen LogP contribution in [0.15, 0.2) is 48.5 Å². The highest BCUT2D eigenvalue weighted by atomic mass is 35.5. The van der Waals surface area contributed by atoms with E-state index < -0.39 is 0 Å². The van der Waals surface area contributed by atoms with Gasteiger partial charge in [-0.25, -0.2) is 0 Å². The molecule has 0 spiro atoms. The van der Waals surface area contributed by atoms with Crippen molar-refractivity contribution in [2.75, 3.05) is 32.7 Å². The number of rotatable bonds is 7. The molecule has 3 fully saturated rings. The van der Waals surface area contributed by atoms with Crippen LogP contribution in [0.3, 0.4) is 0 Å². The highest BCUT2D eigenvalue weighted by Crippen LogP contribution is 2.42. The molecule has 2 heterocycles. The minimum Gasteiger partial charge on any atom is -0.490 e. The van der Waals surface area contributed by atoms with Crippen molar-refractivity contribution in [3.8, 4) is 5.75 Å². The average Bonchev–Trinajstić information content (AvgIpc) is 3.26. The molecule has 0 aromatic heterocycles. The van der Waals surface area contributed by atoms with Crippen LogP contribution < -0.4 is 4.74 Å². The Morgan fingerprint density at radius 2 is 1.61 bits per heavy atom. The summed E-state index contributed by atoms with van der Waals surface area (Å²) in [6.07, 6.45) is 7.99. The van der Waals surface area contributed by atoms with Crippen LogP contribution in [0.1, 0.15) is 55.6 Å². The van der Waals surface area contributed by atoms with E-state index in [0.29, 0.717) is 6.10 Å². The van der Waals surface area contributed by atoms with Gasteiger partial charge in [0.05, 0.1) is 0 Å². The molecule has 2 saturated heterocycles. The Morgan fingerprint density at radius 3 is 2.32 bits per heavy atom. The molecule has 0 radical (unpaired) electrons. The Morgan fingerprint density at radius 1 is 0.871 bits per heavy atom. The van der Waals surface area contributed by atoms with Gasteiger partial charge in [-0.1, -0.05) is 41.9 Å². The Balaban J connectivity index is 1.02. The number of hydrogen-bond donors (Lipinski definition) is 0. The molecular formula is C27H35ClN2O. The molecule has 3 aliphatic rings. The maximum atomic E-state index is 6.14. The zero-order valence-corrected chi connectivity index (χ0v) is 19.3. The molecule has 0 N–H and O–H groups in total. The van der Waals surface area contributed by atoms with Crippen molar-refractivity contribution in [3.63, 3.8) is 0 Å². The summed E-state index contributed by atoms with van der Waals surface area (Å²) in [5.74, 6) is 2.54. The van der Waals surface area contributed by atoms with E-state index in [4.69, 9.17) is 16.3 Å². The lowest BCUT2D eigenvalue weighted by Gasteiger charge is -2.41. The third kappa shape index (κ3) is 5.63. The summed E-state index contributed by atoms with van der Waals surface area (Å²) in [4.78, 5) is 5.23. The molecule has 4 heteroatoms. The first kappa shape index (κ1) is 21.3. The first-order valence-electron chi connectivity index (χ1n) is 12.2. The fourth-order valence-corrected chi connectivity index (χ4v) is 5.74. The number of piperidine rings is 1. The molecule has 31 heavy (non-hydrogen) atoms. The van der Waals surface area contributed by atoms with E-state index in [1.165, 1.54) is 50.9 Å². The summed E-state index contributed by atoms with van der Waals surface area (Å²) in [6, 6.07) is 17.3. The van der Waals surface area contributed by atoms with Crippen molar-refractivity contribution in [1.82, 2.24) is 9.80 Å². The van der Waals surface area contributed by atoms with Gasteiger partial charge >= 0.3 is 0 Å². The molecule has 0 bridgehead atoms. The SMILES string of the molecule is Clc1cccc(OC2CCN(CC3CC(c4ccc(CN5CCCC5)cc4)C3)CC2)c1. The maximum absolute atomic E-state index is 6.14. The lowest BCUT2D eigenvalue weighted by atomic mass is 9.71. The molecule has 1 aliphatic carbocycles. The quantitative estimate of drug-likeness (QED) is 0.529. The second-order valence-electron chi connectivity index (χ2n) is 9.83. The van der Waals surface area contributed by atoms with Gasteiger partial charge < -0.3 is 9.64 Å². The number of benzene rings is 2. The van der Waals surface area contributed by atoms with Gasteiger partial charge in [-0.05, 0) is 92.8 Å². The molecule has 0 atom stereocenters. The largest absolute Gasteiger partial charge is 0.490 e. The number of nitrogens with zero attached hydrogens (tertiary/aromatic N) is 2. The summed E-state index contributed by atoms with van der Waals surface area (Å²) < 4.78 is 6.14. The molecular weight excluding hydrogens is 404 g/mol. The second-order valence-corrected chi connectivity index (χ2v) is 10.3. The van der Waals surface area contributed by atoms with Crippen LogP contribution in [0.5, 0.6) is 5.75 Å². The number of halogens is 1. The van der Waals surface area contributed by atoms with Gasteiger partial charge in [-0.3, -0.25) is 4.90 Å². The molecule has 1 saturated carbocycles. The smallest absolute Gasteiger partial charge is 0.121 e. The summed E-state index contributed by atoms with van der Waals surface area (Å²) in [7, 11) is 0. The highest BCUT2D eigenvalue weighted by Gasteiger charge is 2.32. The predicted octanol–water partition coefficient (Wildman–Crippen LogP) is 5.97. The molecule has 2 aromatic carbocycles. The zero-order chi connectivity index (χ0) is 21.0. The monoisotopic (exact) mass is 438 g/mol. The van der Waals surface area contributed by atoms with Crippen LogP contribution in [0, 0.1) is 5.92 Å². The van der Waals surface area contributed by atoms with Crippen LogP contribution in [-0.2, 0) is 6.54 Å². The first-order chi connectivity index (χ1) is 15.2. The number of likely N-dealkylation sites (tertiary alicyclic amines) is 2. The number of hydrogen-bond acceptors (Lipinski definition) is 3. The molecule has 0 unspecified atom stereocenters. The third-order valence-corrected chi connectivity index (χ3v) is 7.68. The Hall–Kier alpha value is -1.55. The molecule has 166 valence electrons. The van der Waals surface area contributed by atoms with E-state index in [0.717, 1.165) is 55.1 Å². The van der Waals surface area contributed by atoms with Gasteiger partial charge in [-0.2, -0.15) is 0 Å². The fraction of sp³-hybridized carbons (Fsp3) is 0.556. The average molecular weight is 439 g/mol. The van der Waals surface area contributed by atoms with E-state index in [9.17, 15) is 0 Å². The predicted molar refractivity (Wildman–Crippen MR) is 128 cm³/mol. The first-order valence-corrected chi connectivity index (χ1v) is 12.5. The van der Waals surface area contributed by atoms with E-state index in [1.807, 2.05) is 24.3 Å². The van der Waals surface area contributed by atoms with E-state index in [1.54, 1.807) is 5.56 Å². The summed E-state index contributed by atoms with van der Waals surface area (Å²) in [5, 5.41) is 0.746. The van der Waals surface area contributed by atoms with Crippen molar-refractivity contribution < 1.29 is 4.74 Å². The third-order valence-electron chi connectivity index (χ3n) is 7.44. The second kappa shape index (κ2) is 9.94. The topological polar surface area (TPSA) is 15.7 Å². The van der Waals surface area contributed by atoms with Gasteiger partial charge in [0.2, 0.25) is 0 Å². The van der Waals surface area contributed by atoms with Crippen molar-refractivity contribution in [1.29, 1.82) is 0 Å². The zero-order valence-electron chi connectivity index (χ0n) is 18.5. The van der Waals surface area contributed by atoms with Crippen molar-refractivity contribution >= 4 is 11.6 Å². The molecule has 0 amide bonds. The fourth-order valence-electron chi connectivity index (χ4n) is 5.56. The van der Waals surface area contributed by atoms with Crippen molar-refractivity contribution in [2.45, 2.75) is 57.1 Å². The van der Waals surface area contributed by atoms with Crippen molar-refractivity contribution in [2.24, 2.45) is 5.92 Å². The van der Waals surface area contributed by atoms with Crippen molar-refractivity contribution in [3.05, 3.63) is 64.7 Å². The van der Waals surface area contributed by atoms with Gasteiger partial charge in [0.1, 0.15) is 11.9 Å². The normalized spacial score (nSPS) is 25.5. The summed E-state index contributed by atoms with van der Waals surface area (Å²) in [6.45, 7) is 7.24. The van der Waals surface area contributed by atoms with Gasteiger partial charge in [0.25, 0.3) is 0 Å². The Labute approximate surface area is 192 Å². The maximum Gasteiger partial charge on any atom is 0.121 e. The van der Waals surface area contributed by atoms with E-state index in [2.05, 4.69) is 34.1 Å². The Bertz CT molecular complexity index is 835. The van der Waals surface area contributed by atoms with Gasteiger partial charge in [-0.15, -0.1) is 0 Å². The Kier molecular flexibility index (Phi) is 6.83. The molecule has 2 aromatic rings. The van der Waals surface area contributed by atoms with Gasteiger partial charge in [0, 0.05) is 31.2 Å². The highest BCUT2D eigenvalue weighted by molar-refractivity contribution is 6.30. The van der Waals surface area contributed by atoms with Crippen LogP contribution in [0.25, 0.3) is 0 Å². The molecule has 2 aliphatic heterocycles. The minimum absolute atomic E-state index is 0.322. The number of ether oxygens (including phenoxy) is 1. The van der Waals surface area contributed by atoms with Crippen LogP contribution >= 0.6 is 11.6 Å². The van der Waals surface area contributed by atoms with Crippen LogP contribution in [0.2, 0.25) is 5.02 Å². The molecule has 3 nitrogen and oxygen atoms in total. The summed E-state index contributed by atoms with van der Waals surface area (Å²) in [5.41, 5.74) is 3.03. The van der Waals surface area contributed by atoms with E-state index in [-0.39, 0.29) is 0 Å². The standard InChI is InChI=1S/C27H35ClN2O/c28-25-4-3-5-27(18-25)31-26-10-14-30(15-11-26)20-22-16-24(17-22)23-8-6-21(7-9-23)19-29-12-1-2-13-29/h3-9,18,22,24,26H,1-2,10-17,19-20H2. The summed E-state index contributed by atoms with van der Waals surface area (Å²) >= 11 is 6.07. The lowest BCUT2D eigenvalue weighted by molar-refractivity contribution is 0.0760. The van der Waals surface area contributed by atoms with Crippen LogP contribution in [0.4, 0.5) is 0 Å². The van der Waals surface area contributed by atoms with Crippen LogP contribution in [-0.4, -0.2) is 48.6 Å².